The summed E-state index contributed by atoms with van der Waals surface area (Å²) in [7, 11) is 2.06. The van der Waals surface area contributed by atoms with Gasteiger partial charge in [0.05, 0.1) is 14.5 Å². The zero-order valence-corrected chi connectivity index (χ0v) is 13.9. The zero-order chi connectivity index (χ0) is 13.8. The Morgan fingerprint density at radius 2 is 2.21 bits per heavy atom. The van der Waals surface area contributed by atoms with Crippen LogP contribution in [-0.2, 0) is 13.0 Å². The maximum atomic E-state index is 6.34. The lowest BCUT2D eigenvalue weighted by molar-refractivity contribution is 0.895. The van der Waals surface area contributed by atoms with E-state index >= 15 is 0 Å². The number of thiophene rings is 1. The Kier molecular flexibility index (Phi) is 5.28. The highest BCUT2D eigenvalue weighted by Crippen LogP contribution is 2.31. The minimum atomic E-state index is 0.630. The Hall–Kier alpha value is -0.550. The first-order valence-corrected chi connectivity index (χ1v) is 8.08. The van der Waals surface area contributed by atoms with E-state index in [9.17, 15) is 0 Å². The van der Waals surface area contributed by atoms with E-state index in [0.717, 1.165) is 27.5 Å². The average Bonchev–Trinajstić information content (AvgIpc) is 2.75. The number of para-hydroxylation sites is 1. The fraction of sp³-hybridized carbons (Fsp3) is 0.286. The van der Waals surface area contributed by atoms with E-state index in [2.05, 4.69) is 45.4 Å². The van der Waals surface area contributed by atoms with Gasteiger partial charge in [-0.05, 0) is 57.5 Å². The van der Waals surface area contributed by atoms with Crippen molar-refractivity contribution in [2.75, 3.05) is 18.5 Å². The molecule has 0 atom stereocenters. The summed E-state index contributed by atoms with van der Waals surface area (Å²) < 4.78 is 1.15. The third kappa shape index (κ3) is 3.72. The van der Waals surface area contributed by atoms with Crippen LogP contribution < -0.4 is 10.6 Å². The van der Waals surface area contributed by atoms with Gasteiger partial charge in [-0.25, -0.2) is 0 Å². The molecule has 0 aliphatic heterocycles. The van der Waals surface area contributed by atoms with Gasteiger partial charge in [-0.3, -0.25) is 0 Å². The molecule has 102 valence electrons. The van der Waals surface area contributed by atoms with Crippen molar-refractivity contribution in [2.24, 2.45) is 5.73 Å². The summed E-state index contributed by atoms with van der Waals surface area (Å²) in [6.07, 6.45) is 0.841. The minimum absolute atomic E-state index is 0.630. The molecule has 2 aromatic rings. The third-order valence-electron chi connectivity index (χ3n) is 2.91. The quantitative estimate of drug-likeness (QED) is 0.862. The molecule has 0 saturated carbocycles. The monoisotopic (exact) mass is 358 g/mol. The highest BCUT2D eigenvalue weighted by Gasteiger charge is 2.12. The Bertz CT molecular complexity index is 556. The minimum Gasteiger partial charge on any atom is -0.369 e. The number of benzene rings is 1. The van der Waals surface area contributed by atoms with E-state index in [1.54, 1.807) is 11.3 Å². The largest absolute Gasteiger partial charge is 0.369 e. The van der Waals surface area contributed by atoms with E-state index in [1.165, 1.54) is 11.1 Å². The van der Waals surface area contributed by atoms with Crippen LogP contribution >= 0.6 is 38.9 Å². The SMILES string of the molecule is CN(Cc1csc(Br)c1)c1c(Cl)cccc1CCN. The molecule has 2 N–H and O–H groups in total. The van der Waals surface area contributed by atoms with E-state index in [1.807, 2.05) is 12.1 Å². The molecule has 0 bridgehead atoms. The Morgan fingerprint density at radius 3 is 2.84 bits per heavy atom. The van der Waals surface area contributed by atoms with Crippen molar-refractivity contribution >= 4 is 44.6 Å². The van der Waals surface area contributed by atoms with Crippen LogP contribution in [0.4, 0.5) is 5.69 Å². The smallest absolute Gasteiger partial charge is 0.0701 e. The van der Waals surface area contributed by atoms with E-state index in [-0.39, 0.29) is 0 Å². The van der Waals surface area contributed by atoms with E-state index in [4.69, 9.17) is 17.3 Å². The lowest BCUT2D eigenvalue weighted by Gasteiger charge is -2.23. The van der Waals surface area contributed by atoms with Gasteiger partial charge < -0.3 is 10.6 Å². The second kappa shape index (κ2) is 6.75. The summed E-state index contributed by atoms with van der Waals surface area (Å²) in [5.74, 6) is 0. The van der Waals surface area contributed by atoms with Crippen molar-refractivity contribution in [3.8, 4) is 0 Å². The van der Waals surface area contributed by atoms with Crippen molar-refractivity contribution in [2.45, 2.75) is 13.0 Å². The average molecular weight is 360 g/mol. The number of nitrogens with zero attached hydrogens (tertiary/aromatic N) is 1. The lowest BCUT2D eigenvalue weighted by Crippen LogP contribution is -2.19. The molecule has 0 fully saturated rings. The molecule has 2 rings (SSSR count). The van der Waals surface area contributed by atoms with Crippen molar-refractivity contribution < 1.29 is 0 Å². The number of hydrogen-bond donors (Lipinski definition) is 1. The first kappa shape index (κ1) is 14.9. The van der Waals surface area contributed by atoms with Crippen LogP contribution in [0.5, 0.6) is 0 Å². The molecule has 0 unspecified atom stereocenters. The zero-order valence-electron chi connectivity index (χ0n) is 10.7. The molecule has 19 heavy (non-hydrogen) atoms. The maximum absolute atomic E-state index is 6.34. The summed E-state index contributed by atoms with van der Waals surface area (Å²) >= 11 is 11.5. The predicted octanol–water partition coefficient (Wildman–Crippen LogP) is 4.30. The van der Waals surface area contributed by atoms with Gasteiger partial charge in [0.25, 0.3) is 0 Å². The summed E-state index contributed by atoms with van der Waals surface area (Å²) in [5, 5.41) is 2.93. The summed E-state index contributed by atoms with van der Waals surface area (Å²) in [4.78, 5) is 2.18. The van der Waals surface area contributed by atoms with Crippen LogP contribution in [0, 0.1) is 0 Å². The Balaban J connectivity index is 2.24. The highest BCUT2D eigenvalue weighted by molar-refractivity contribution is 9.11. The van der Waals surface area contributed by atoms with Crippen molar-refractivity contribution in [1.29, 1.82) is 0 Å². The predicted molar refractivity (Wildman–Crippen MR) is 88.3 cm³/mol. The Labute approximate surface area is 131 Å². The van der Waals surface area contributed by atoms with Gasteiger partial charge in [-0.2, -0.15) is 0 Å². The standard InChI is InChI=1S/C14H16BrClN2S/c1-18(8-10-7-13(15)19-9-10)14-11(5-6-17)3-2-4-12(14)16/h2-4,7,9H,5-6,8,17H2,1H3. The summed E-state index contributed by atoms with van der Waals surface area (Å²) in [6, 6.07) is 8.14. The fourth-order valence-electron chi connectivity index (χ4n) is 2.13. The molecular formula is C14H16BrClN2S. The maximum Gasteiger partial charge on any atom is 0.0701 e. The van der Waals surface area contributed by atoms with Crippen LogP contribution in [-0.4, -0.2) is 13.6 Å². The van der Waals surface area contributed by atoms with Gasteiger partial charge in [-0.1, -0.05) is 23.7 Å². The molecule has 0 spiro atoms. The molecular weight excluding hydrogens is 344 g/mol. The van der Waals surface area contributed by atoms with Gasteiger partial charge in [-0.15, -0.1) is 11.3 Å². The lowest BCUT2D eigenvalue weighted by atomic mass is 10.1. The van der Waals surface area contributed by atoms with E-state index in [0.29, 0.717) is 6.54 Å². The summed E-state index contributed by atoms with van der Waals surface area (Å²) in [5.41, 5.74) is 9.23. The third-order valence-corrected chi connectivity index (χ3v) is 4.77. The number of anilines is 1. The van der Waals surface area contributed by atoms with Gasteiger partial charge in [0, 0.05) is 13.6 Å². The molecule has 2 nitrogen and oxygen atoms in total. The first-order valence-electron chi connectivity index (χ1n) is 6.03. The number of halogens is 2. The molecule has 0 aliphatic carbocycles. The Morgan fingerprint density at radius 1 is 1.42 bits per heavy atom. The summed E-state index contributed by atoms with van der Waals surface area (Å²) in [6.45, 7) is 1.47. The molecule has 5 heteroatoms. The molecule has 1 heterocycles. The van der Waals surface area contributed by atoms with Crippen molar-refractivity contribution in [3.05, 3.63) is 49.6 Å². The molecule has 0 saturated heterocycles. The molecule has 1 aromatic heterocycles. The van der Waals surface area contributed by atoms with Crippen LogP contribution in [0.15, 0.2) is 33.4 Å². The second-order valence-electron chi connectivity index (χ2n) is 4.40. The van der Waals surface area contributed by atoms with Crippen LogP contribution in [0.3, 0.4) is 0 Å². The second-order valence-corrected chi connectivity index (χ2v) is 7.10. The highest BCUT2D eigenvalue weighted by atomic mass is 79.9. The van der Waals surface area contributed by atoms with E-state index < -0.39 is 0 Å². The first-order chi connectivity index (χ1) is 9.11. The van der Waals surface area contributed by atoms with Crippen LogP contribution in [0.2, 0.25) is 5.02 Å². The number of rotatable bonds is 5. The van der Waals surface area contributed by atoms with Crippen molar-refractivity contribution in [3.63, 3.8) is 0 Å². The van der Waals surface area contributed by atoms with Gasteiger partial charge >= 0.3 is 0 Å². The van der Waals surface area contributed by atoms with Crippen LogP contribution in [0.25, 0.3) is 0 Å². The molecule has 0 amide bonds. The normalized spacial score (nSPS) is 10.7. The number of hydrogen-bond acceptors (Lipinski definition) is 3. The van der Waals surface area contributed by atoms with Gasteiger partial charge in [0.1, 0.15) is 0 Å². The topological polar surface area (TPSA) is 29.3 Å². The molecule has 0 aliphatic rings. The van der Waals surface area contributed by atoms with Crippen LogP contribution in [0.1, 0.15) is 11.1 Å². The number of nitrogens with two attached hydrogens (primary N) is 1. The van der Waals surface area contributed by atoms with Crippen molar-refractivity contribution in [1.82, 2.24) is 0 Å². The fourth-order valence-corrected chi connectivity index (χ4v) is 3.67. The van der Waals surface area contributed by atoms with Gasteiger partial charge in [0.2, 0.25) is 0 Å². The molecule has 1 aromatic carbocycles. The molecule has 0 radical (unpaired) electrons. The van der Waals surface area contributed by atoms with Gasteiger partial charge in [0.15, 0.2) is 0 Å².